The summed E-state index contributed by atoms with van der Waals surface area (Å²) >= 11 is 0. The molecule has 6 nitrogen and oxygen atoms in total. The van der Waals surface area contributed by atoms with Crippen LogP contribution >= 0.6 is 0 Å². The molecule has 2 N–H and O–H groups in total. The molecule has 2 saturated heterocycles. The van der Waals surface area contributed by atoms with Gasteiger partial charge in [0.15, 0.2) is 0 Å². The van der Waals surface area contributed by atoms with Crippen LogP contribution in [0.4, 0.5) is 0 Å². The van der Waals surface area contributed by atoms with Gasteiger partial charge in [0.2, 0.25) is 0 Å². The Hall–Kier alpha value is -1.14. The first-order valence-electron chi connectivity index (χ1n) is 10.5. The normalized spacial score (nSPS) is 26.4. The van der Waals surface area contributed by atoms with Crippen molar-refractivity contribution in [3.8, 4) is 0 Å². The summed E-state index contributed by atoms with van der Waals surface area (Å²) < 4.78 is 11.3. The molecule has 0 aromatic carbocycles. The summed E-state index contributed by atoms with van der Waals surface area (Å²) in [5, 5.41) is 7.15. The lowest BCUT2D eigenvalue weighted by Gasteiger charge is -2.46. The number of nitrogens with one attached hydrogen (secondary N) is 2. The van der Waals surface area contributed by atoms with Gasteiger partial charge >= 0.3 is 11.9 Å². The Morgan fingerprint density at radius 2 is 0.893 bits per heavy atom. The quantitative estimate of drug-likeness (QED) is 0.693. The van der Waals surface area contributed by atoms with E-state index in [0.29, 0.717) is 0 Å². The molecule has 0 spiro atoms. The van der Waals surface area contributed by atoms with E-state index >= 15 is 0 Å². The molecule has 2 heterocycles. The number of rotatable bonds is 5. The maximum absolute atomic E-state index is 12.3. The second-order valence-electron chi connectivity index (χ2n) is 11.3. The highest BCUT2D eigenvalue weighted by molar-refractivity contribution is 5.77. The lowest BCUT2D eigenvalue weighted by molar-refractivity contribution is -0.160. The topological polar surface area (TPSA) is 76.7 Å². The van der Waals surface area contributed by atoms with Gasteiger partial charge < -0.3 is 20.1 Å². The first-order chi connectivity index (χ1) is 12.6. The molecule has 2 fully saturated rings. The average molecular weight is 397 g/mol. The molecule has 28 heavy (non-hydrogen) atoms. The predicted octanol–water partition coefficient (Wildman–Crippen LogP) is 3.47. The summed E-state index contributed by atoms with van der Waals surface area (Å²) in [6.07, 6.45) is 2.97. The van der Waals surface area contributed by atoms with Crippen LogP contribution in [0.3, 0.4) is 0 Å². The van der Waals surface area contributed by atoms with Crippen molar-refractivity contribution in [1.82, 2.24) is 10.6 Å². The van der Waals surface area contributed by atoms with E-state index in [4.69, 9.17) is 9.47 Å². The van der Waals surface area contributed by atoms with Crippen LogP contribution < -0.4 is 10.6 Å². The maximum atomic E-state index is 12.3. The minimum Gasteiger partial charge on any atom is -0.462 e. The largest absolute Gasteiger partial charge is 0.462 e. The molecule has 0 atom stereocenters. The van der Waals surface area contributed by atoms with Gasteiger partial charge in [0.05, 0.1) is 12.8 Å². The Bertz CT molecular complexity index is 511. The number of carbonyl (C=O) groups is 2. The van der Waals surface area contributed by atoms with E-state index in [1.165, 1.54) is 0 Å². The lowest BCUT2D eigenvalue weighted by atomic mass is 9.81. The molecule has 0 aliphatic carbocycles. The summed E-state index contributed by atoms with van der Waals surface area (Å²) in [5.41, 5.74) is -0.332. The lowest BCUT2D eigenvalue weighted by Crippen LogP contribution is -2.59. The van der Waals surface area contributed by atoms with Crippen molar-refractivity contribution in [3.63, 3.8) is 0 Å². The molecule has 0 unspecified atom stereocenters. The van der Waals surface area contributed by atoms with E-state index < -0.39 is 0 Å². The third-order valence-corrected chi connectivity index (χ3v) is 5.43. The van der Waals surface area contributed by atoms with Crippen molar-refractivity contribution in [2.24, 2.45) is 0 Å². The minimum atomic E-state index is -0.318. The van der Waals surface area contributed by atoms with Crippen LogP contribution in [0.25, 0.3) is 0 Å². The van der Waals surface area contributed by atoms with Crippen molar-refractivity contribution in [3.05, 3.63) is 0 Å². The molecule has 162 valence electrons. The van der Waals surface area contributed by atoms with Crippen LogP contribution in [0.2, 0.25) is 0 Å². The smallest absolute Gasteiger partial charge is 0.306 e. The van der Waals surface area contributed by atoms with E-state index in [2.05, 4.69) is 66.0 Å². The minimum absolute atomic E-state index is 0.0708. The standard InChI is InChI=1S/C22H40N2O4/c1-19(2)11-15(12-20(3,4)23-19)27-17(25)9-10-18(26)28-16-13-21(5,6)24-22(7,8)14-16/h15-16,23-24H,9-14H2,1-8H3. The van der Waals surface area contributed by atoms with E-state index in [0.717, 1.165) is 25.7 Å². The molecule has 6 heteroatoms. The summed E-state index contributed by atoms with van der Waals surface area (Å²) in [7, 11) is 0. The van der Waals surface area contributed by atoms with E-state index in [1.807, 2.05) is 0 Å². The molecule has 0 aromatic heterocycles. The number of piperidine rings is 2. The molecule has 2 rings (SSSR count). The molecule has 2 aliphatic rings. The second-order valence-corrected chi connectivity index (χ2v) is 11.3. The van der Waals surface area contributed by atoms with Crippen LogP contribution in [0.1, 0.15) is 93.9 Å². The van der Waals surface area contributed by atoms with Gasteiger partial charge in [0, 0.05) is 47.8 Å². The zero-order chi connectivity index (χ0) is 21.4. The Morgan fingerprint density at radius 1 is 0.643 bits per heavy atom. The Labute approximate surface area is 170 Å². The van der Waals surface area contributed by atoms with Crippen molar-refractivity contribution in [2.45, 2.75) is 128 Å². The van der Waals surface area contributed by atoms with E-state index in [1.54, 1.807) is 0 Å². The summed E-state index contributed by atoms with van der Waals surface area (Å²) in [6.45, 7) is 17.0. The number of hydrogen-bond donors (Lipinski definition) is 2. The van der Waals surface area contributed by atoms with Gasteiger partial charge in [-0.1, -0.05) is 0 Å². The van der Waals surface area contributed by atoms with Gasteiger partial charge in [0.25, 0.3) is 0 Å². The fourth-order valence-corrected chi connectivity index (χ4v) is 5.32. The first-order valence-corrected chi connectivity index (χ1v) is 10.5. The van der Waals surface area contributed by atoms with Gasteiger partial charge in [-0.05, 0) is 55.4 Å². The molecule has 0 bridgehead atoms. The molecule has 0 radical (unpaired) electrons. The van der Waals surface area contributed by atoms with E-state index in [9.17, 15) is 9.59 Å². The number of esters is 2. The summed E-state index contributed by atoms with van der Waals surface area (Å²) in [4.78, 5) is 24.6. The highest BCUT2D eigenvalue weighted by Crippen LogP contribution is 2.32. The fourth-order valence-electron chi connectivity index (χ4n) is 5.32. The van der Waals surface area contributed by atoms with Crippen LogP contribution in [0.5, 0.6) is 0 Å². The zero-order valence-corrected chi connectivity index (χ0v) is 19.0. The van der Waals surface area contributed by atoms with E-state index in [-0.39, 0.29) is 59.1 Å². The van der Waals surface area contributed by atoms with Crippen molar-refractivity contribution in [2.75, 3.05) is 0 Å². The molecule has 2 aliphatic heterocycles. The monoisotopic (exact) mass is 396 g/mol. The highest BCUT2D eigenvalue weighted by atomic mass is 16.6. The number of hydrogen-bond acceptors (Lipinski definition) is 6. The third-order valence-electron chi connectivity index (χ3n) is 5.43. The number of ether oxygens (including phenoxy) is 2. The van der Waals surface area contributed by atoms with Crippen molar-refractivity contribution in [1.29, 1.82) is 0 Å². The maximum Gasteiger partial charge on any atom is 0.306 e. The average Bonchev–Trinajstić information content (AvgIpc) is 2.37. The second kappa shape index (κ2) is 7.94. The summed E-state index contributed by atoms with van der Waals surface area (Å²) in [5.74, 6) is -0.636. The number of carbonyl (C=O) groups excluding carboxylic acids is 2. The molecule has 0 amide bonds. The van der Waals surface area contributed by atoms with Crippen LogP contribution in [0.15, 0.2) is 0 Å². The zero-order valence-electron chi connectivity index (χ0n) is 19.0. The van der Waals surface area contributed by atoms with Crippen LogP contribution in [0, 0.1) is 0 Å². The van der Waals surface area contributed by atoms with Crippen molar-refractivity contribution >= 4 is 11.9 Å². The van der Waals surface area contributed by atoms with Crippen LogP contribution in [-0.4, -0.2) is 46.3 Å². The fraction of sp³-hybridized carbons (Fsp3) is 0.909. The first kappa shape index (κ1) is 23.1. The molecular weight excluding hydrogens is 356 g/mol. The van der Waals surface area contributed by atoms with Gasteiger partial charge in [-0.3, -0.25) is 9.59 Å². The summed E-state index contributed by atoms with van der Waals surface area (Å²) in [6, 6.07) is 0. The third kappa shape index (κ3) is 7.36. The Morgan fingerprint density at radius 3 is 1.14 bits per heavy atom. The van der Waals surface area contributed by atoms with Crippen LogP contribution in [-0.2, 0) is 19.1 Å². The van der Waals surface area contributed by atoms with Gasteiger partial charge in [0.1, 0.15) is 12.2 Å². The molecule has 0 aromatic rings. The highest BCUT2D eigenvalue weighted by Gasteiger charge is 2.40. The van der Waals surface area contributed by atoms with Gasteiger partial charge in [-0.25, -0.2) is 0 Å². The van der Waals surface area contributed by atoms with Gasteiger partial charge in [-0.15, -0.1) is 0 Å². The Balaban J connectivity index is 1.79. The Kier molecular flexibility index (Phi) is 6.56. The molecular formula is C22H40N2O4. The SMILES string of the molecule is CC1(C)CC(OC(=O)CCC(=O)OC2CC(C)(C)NC(C)(C)C2)CC(C)(C)N1. The predicted molar refractivity (Wildman–Crippen MR) is 110 cm³/mol. The van der Waals surface area contributed by atoms with Crippen molar-refractivity contribution < 1.29 is 19.1 Å². The molecule has 0 saturated carbocycles. The van der Waals surface area contributed by atoms with Gasteiger partial charge in [-0.2, -0.15) is 0 Å².